The third-order valence-electron chi connectivity index (χ3n) is 4.76. The summed E-state index contributed by atoms with van der Waals surface area (Å²) in [6.45, 7) is 15.8. The first-order valence-corrected chi connectivity index (χ1v) is 9.18. The van der Waals surface area contributed by atoms with Gasteiger partial charge >= 0.3 is 0 Å². The molecule has 1 aliphatic heterocycles. The number of nitrogens with zero attached hydrogens (tertiary/aromatic N) is 1. The average molecular weight is 342 g/mol. The van der Waals surface area contributed by atoms with E-state index >= 15 is 0 Å². The first-order chi connectivity index (χ1) is 11.1. The molecule has 0 aromatic heterocycles. The van der Waals surface area contributed by atoms with Crippen LogP contribution in [0.1, 0.15) is 54.4 Å². The number of hydrogen-bond donors (Lipinski definition) is 2. The van der Waals surface area contributed by atoms with Gasteiger partial charge < -0.3 is 20.1 Å². The summed E-state index contributed by atoms with van der Waals surface area (Å²) in [6, 6.07) is 0. The van der Waals surface area contributed by atoms with Gasteiger partial charge in [0.2, 0.25) is 0 Å². The number of guanidine groups is 1. The quantitative estimate of drug-likeness (QED) is 0.596. The molecule has 0 radical (unpaired) electrons. The van der Waals surface area contributed by atoms with E-state index in [2.05, 4.69) is 57.2 Å². The van der Waals surface area contributed by atoms with Crippen LogP contribution in [0.4, 0.5) is 0 Å². The lowest BCUT2D eigenvalue weighted by Crippen LogP contribution is -2.49. The fraction of sp³-hybridized carbons (Fsp3) is 0.947. The van der Waals surface area contributed by atoms with Gasteiger partial charge in [0, 0.05) is 39.8 Å². The summed E-state index contributed by atoms with van der Waals surface area (Å²) in [5, 5.41) is 6.87. The minimum Gasteiger partial charge on any atom is -0.379 e. The van der Waals surface area contributed by atoms with Crippen LogP contribution in [0.25, 0.3) is 0 Å². The summed E-state index contributed by atoms with van der Waals surface area (Å²) in [5.41, 5.74) is 0.256. The van der Waals surface area contributed by atoms with Crippen molar-refractivity contribution in [3.05, 3.63) is 0 Å². The van der Waals surface area contributed by atoms with Crippen molar-refractivity contribution in [3.8, 4) is 0 Å². The van der Waals surface area contributed by atoms with Gasteiger partial charge in [0.25, 0.3) is 0 Å². The zero-order valence-electron chi connectivity index (χ0n) is 17.0. The predicted octanol–water partition coefficient (Wildman–Crippen LogP) is 3.05. The number of aliphatic imine (C=N–C) groups is 1. The Morgan fingerprint density at radius 1 is 1.21 bits per heavy atom. The van der Waals surface area contributed by atoms with Crippen LogP contribution in [0.2, 0.25) is 0 Å². The number of ether oxygens (including phenoxy) is 2. The molecule has 5 heteroatoms. The van der Waals surface area contributed by atoms with E-state index in [0.29, 0.717) is 5.92 Å². The Kier molecular flexibility index (Phi) is 8.00. The summed E-state index contributed by atoms with van der Waals surface area (Å²) < 4.78 is 11.7. The molecule has 142 valence electrons. The first-order valence-electron chi connectivity index (χ1n) is 9.18. The van der Waals surface area contributed by atoms with Crippen molar-refractivity contribution < 1.29 is 9.47 Å². The Bertz CT molecular complexity index is 396. The fourth-order valence-electron chi connectivity index (χ4n) is 3.39. The molecule has 3 atom stereocenters. The molecule has 1 saturated heterocycles. The Labute approximate surface area is 149 Å². The molecular weight excluding hydrogens is 302 g/mol. The number of rotatable bonds is 5. The molecule has 2 N–H and O–H groups in total. The fourth-order valence-corrected chi connectivity index (χ4v) is 3.39. The summed E-state index contributed by atoms with van der Waals surface area (Å²) in [6.07, 6.45) is 2.77. The van der Waals surface area contributed by atoms with Crippen molar-refractivity contribution in [3.63, 3.8) is 0 Å². The van der Waals surface area contributed by atoms with Crippen LogP contribution >= 0.6 is 0 Å². The van der Waals surface area contributed by atoms with E-state index in [1.165, 1.54) is 6.42 Å². The molecule has 5 nitrogen and oxygen atoms in total. The molecule has 0 spiro atoms. The maximum Gasteiger partial charge on any atom is 0.191 e. The van der Waals surface area contributed by atoms with Gasteiger partial charge in [0.05, 0.1) is 12.2 Å². The van der Waals surface area contributed by atoms with E-state index in [1.807, 2.05) is 7.05 Å². The highest BCUT2D eigenvalue weighted by atomic mass is 16.5. The van der Waals surface area contributed by atoms with E-state index in [0.717, 1.165) is 32.1 Å². The molecular formula is C19H39N3O2. The smallest absolute Gasteiger partial charge is 0.191 e. The predicted molar refractivity (Wildman–Crippen MR) is 102 cm³/mol. The van der Waals surface area contributed by atoms with Crippen molar-refractivity contribution in [2.75, 3.05) is 33.9 Å². The molecule has 1 aliphatic rings. The van der Waals surface area contributed by atoms with Crippen molar-refractivity contribution in [2.24, 2.45) is 21.7 Å². The van der Waals surface area contributed by atoms with Gasteiger partial charge in [-0.3, -0.25) is 4.99 Å². The average Bonchev–Trinajstić information content (AvgIpc) is 2.49. The normalized spacial score (nSPS) is 24.6. The van der Waals surface area contributed by atoms with Crippen LogP contribution in [-0.2, 0) is 9.47 Å². The van der Waals surface area contributed by atoms with E-state index < -0.39 is 0 Å². The lowest BCUT2D eigenvalue weighted by Gasteiger charge is -2.40. The lowest BCUT2D eigenvalue weighted by molar-refractivity contribution is -0.0835. The molecule has 0 aromatic rings. The third kappa shape index (κ3) is 6.60. The summed E-state index contributed by atoms with van der Waals surface area (Å²) in [5.74, 6) is 1.35. The van der Waals surface area contributed by atoms with Gasteiger partial charge in [0.1, 0.15) is 0 Å². The van der Waals surface area contributed by atoms with Gasteiger partial charge in [-0.15, -0.1) is 0 Å². The zero-order chi connectivity index (χ0) is 18.4. The van der Waals surface area contributed by atoms with Gasteiger partial charge in [-0.25, -0.2) is 0 Å². The lowest BCUT2D eigenvalue weighted by atomic mass is 9.78. The van der Waals surface area contributed by atoms with Gasteiger partial charge in [-0.1, -0.05) is 41.5 Å². The number of nitrogens with one attached hydrogen (secondary N) is 2. The van der Waals surface area contributed by atoms with Crippen molar-refractivity contribution in [1.29, 1.82) is 0 Å². The highest BCUT2D eigenvalue weighted by Crippen LogP contribution is 2.33. The molecule has 24 heavy (non-hydrogen) atoms. The molecule has 0 aromatic carbocycles. The molecule has 1 fully saturated rings. The van der Waals surface area contributed by atoms with Crippen molar-refractivity contribution >= 4 is 5.96 Å². The molecule has 0 amide bonds. The van der Waals surface area contributed by atoms with E-state index in [-0.39, 0.29) is 23.0 Å². The first kappa shape index (κ1) is 21.2. The van der Waals surface area contributed by atoms with Crippen LogP contribution in [0.3, 0.4) is 0 Å². The van der Waals surface area contributed by atoms with Gasteiger partial charge in [-0.2, -0.15) is 0 Å². The zero-order valence-corrected chi connectivity index (χ0v) is 17.0. The molecule has 1 rings (SSSR count). The summed E-state index contributed by atoms with van der Waals surface area (Å²) >= 11 is 0. The Morgan fingerprint density at radius 3 is 2.38 bits per heavy atom. The second kappa shape index (κ2) is 9.04. The standard InChI is InChI=1S/C19H39N3O2/c1-18(2,3)15(23-8)13-22-17(20-7)21-12-14-10-9-11-24-16(14)19(4,5)6/h14-16H,9-13H2,1-8H3,(H2,20,21,22). The van der Waals surface area contributed by atoms with Crippen molar-refractivity contribution in [1.82, 2.24) is 10.6 Å². The maximum absolute atomic E-state index is 6.06. The highest BCUT2D eigenvalue weighted by molar-refractivity contribution is 5.79. The van der Waals surface area contributed by atoms with Crippen LogP contribution in [-0.4, -0.2) is 52.0 Å². The largest absolute Gasteiger partial charge is 0.379 e. The number of hydrogen-bond acceptors (Lipinski definition) is 3. The molecule has 0 aliphatic carbocycles. The second-order valence-corrected chi connectivity index (χ2v) is 8.98. The molecule has 0 saturated carbocycles. The summed E-state index contributed by atoms with van der Waals surface area (Å²) in [4.78, 5) is 4.35. The monoisotopic (exact) mass is 341 g/mol. The Hall–Kier alpha value is -0.810. The van der Waals surface area contributed by atoms with Crippen LogP contribution < -0.4 is 10.6 Å². The van der Waals surface area contributed by atoms with Gasteiger partial charge in [-0.05, 0) is 23.7 Å². The molecule has 3 unspecified atom stereocenters. The minimum atomic E-state index is 0.0924. The Morgan fingerprint density at radius 2 is 1.88 bits per heavy atom. The van der Waals surface area contributed by atoms with Crippen LogP contribution in [0.15, 0.2) is 4.99 Å². The topological polar surface area (TPSA) is 54.9 Å². The Balaban J connectivity index is 2.54. The highest BCUT2D eigenvalue weighted by Gasteiger charge is 2.35. The summed E-state index contributed by atoms with van der Waals surface area (Å²) in [7, 11) is 3.58. The van der Waals surface area contributed by atoms with Crippen LogP contribution in [0.5, 0.6) is 0 Å². The van der Waals surface area contributed by atoms with Crippen molar-refractivity contribution in [2.45, 2.75) is 66.6 Å². The molecule has 0 bridgehead atoms. The van der Waals surface area contributed by atoms with E-state index in [9.17, 15) is 0 Å². The SMILES string of the molecule is CN=C(NCC1CCCOC1C(C)(C)C)NCC(OC)C(C)(C)C. The molecule has 1 heterocycles. The minimum absolute atomic E-state index is 0.0924. The maximum atomic E-state index is 6.06. The van der Waals surface area contributed by atoms with E-state index in [1.54, 1.807) is 7.11 Å². The van der Waals surface area contributed by atoms with E-state index in [4.69, 9.17) is 9.47 Å². The third-order valence-corrected chi connectivity index (χ3v) is 4.76. The van der Waals surface area contributed by atoms with Crippen LogP contribution in [0, 0.1) is 16.7 Å². The van der Waals surface area contributed by atoms with Gasteiger partial charge in [0.15, 0.2) is 5.96 Å². The number of methoxy groups -OCH3 is 1. The second-order valence-electron chi connectivity index (χ2n) is 8.98.